The van der Waals surface area contributed by atoms with Crippen molar-refractivity contribution in [3.8, 4) is 0 Å². The Labute approximate surface area is 138 Å². The first-order valence-electron chi connectivity index (χ1n) is 7.88. The second-order valence-corrected chi connectivity index (χ2v) is 6.75. The van der Waals surface area contributed by atoms with Crippen molar-refractivity contribution in [3.63, 3.8) is 0 Å². The van der Waals surface area contributed by atoms with Crippen molar-refractivity contribution in [1.29, 1.82) is 0 Å². The van der Waals surface area contributed by atoms with Crippen LogP contribution in [0.15, 0.2) is 18.2 Å². The third-order valence-corrected chi connectivity index (χ3v) is 4.68. The molecule has 2 N–H and O–H groups in total. The van der Waals surface area contributed by atoms with Crippen LogP contribution in [0.2, 0.25) is 0 Å². The zero-order valence-corrected chi connectivity index (χ0v) is 13.3. The fourth-order valence-corrected chi connectivity index (χ4v) is 2.92. The van der Waals surface area contributed by atoms with Gasteiger partial charge in [0.05, 0.1) is 10.3 Å². The maximum absolute atomic E-state index is 12.1. The molecule has 0 radical (unpaired) electrons. The van der Waals surface area contributed by atoms with E-state index >= 15 is 0 Å². The highest BCUT2D eigenvalue weighted by atomic mass is 16.6. The number of carbonyl (C=O) groups excluding carboxylic acids is 1. The lowest BCUT2D eigenvalue weighted by atomic mass is 9.90. The largest absolute Gasteiger partial charge is 0.481 e. The van der Waals surface area contributed by atoms with Crippen LogP contribution in [0, 0.1) is 15.5 Å². The number of benzene rings is 1. The van der Waals surface area contributed by atoms with Gasteiger partial charge < -0.3 is 15.3 Å². The highest BCUT2D eigenvalue weighted by Crippen LogP contribution is 2.38. The number of amides is 1. The number of aliphatic carboxylic acids is 1. The van der Waals surface area contributed by atoms with Crippen molar-refractivity contribution in [2.24, 2.45) is 5.41 Å². The average Bonchev–Trinajstić information content (AvgIpc) is 3.25. The minimum absolute atomic E-state index is 0.172. The number of hydrogen-bond acceptors (Lipinski definition) is 5. The van der Waals surface area contributed by atoms with Gasteiger partial charge in [-0.25, -0.2) is 0 Å². The quantitative estimate of drug-likeness (QED) is 0.627. The van der Waals surface area contributed by atoms with Gasteiger partial charge in [0.15, 0.2) is 0 Å². The van der Waals surface area contributed by atoms with Crippen LogP contribution in [0.4, 0.5) is 11.4 Å². The molecule has 1 aliphatic heterocycles. The molecule has 1 atom stereocenters. The van der Waals surface area contributed by atoms with Crippen LogP contribution in [0.5, 0.6) is 0 Å². The number of rotatable bonds is 5. The number of nitro benzene ring substituents is 1. The molecule has 2 aliphatic rings. The van der Waals surface area contributed by atoms with E-state index in [4.69, 9.17) is 0 Å². The van der Waals surface area contributed by atoms with Gasteiger partial charge in [-0.1, -0.05) is 0 Å². The summed E-state index contributed by atoms with van der Waals surface area (Å²) in [4.78, 5) is 36.0. The van der Waals surface area contributed by atoms with E-state index in [-0.39, 0.29) is 29.7 Å². The summed E-state index contributed by atoms with van der Waals surface area (Å²) in [6.45, 7) is 2.27. The molecule has 1 aliphatic carbocycles. The van der Waals surface area contributed by atoms with Gasteiger partial charge in [-0.2, -0.15) is 0 Å². The highest BCUT2D eigenvalue weighted by Gasteiger charge is 2.42. The Bertz CT molecular complexity index is 716. The Kier molecular flexibility index (Phi) is 3.90. The maximum Gasteiger partial charge on any atom is 0.311 e. The zero-order chi connectivity index (χ0) is 17.5. The molecule has 128 valence electrons. The van der Waals surface area contributed by atoms with Crippen molar-refractivity contribution >= 4 is 23.3 Å². The van der Waals surface area contributed by atoms with Crippen LogP contribution >= 0.6 is 0 Å². The van der Waals surface area contributed by atoms with Crippen molar-refractivity contribution < 1.29 is 19.6 Å². The van der Waals surface area contributed by atoms with Crippen molar-refractivity contribution in [2.45, 2.75) is 32.2 Å². The molecule has 3 rings (SSSR count). The summed E-state index contributed by atoms with van der Waals surface area (Å²) >= 11 is 0. The van der Waals surface area contributed by atoms with Crippen LogP contribution in [0.3, 0.4) is 0 Å². The van der Waals surface area contributed by atoms with E-state index in [2.05, 4.69) is 5.32 Å². The van der Waals surface area contributed by atoms with Gasteiger partial charge in [-0.3, -0.25) is 19.7 Å². The summed E-state index contributed by atoms with van der Waals surface area (Å²) in [5.41, 5.74) is -0.492. The lowest BCUT2D eigenvalue weighted by molar-refractivity contribution is -0.384. The predicted octanol–water partition coefficient (Wildman–Crippen LogP) is 1.79. The minimum Gasteiger partial charge on any atom is -0.481 e. The summed E-state index contributed by atoms with van der Waals surface area (Å²) in [7, 11) is 0. The zero-order valence-electron chi connectivity index (χ0n) is 13.3. The Morgan fingerprint density at radius 2 is 2.12 bits per heavy atom. The summed E-state index contributed by atoms with van der Waals surface area (Å²) in [5.74, 6) is -1.22. The van der Waals surface area contributed by atoms with Gasteiger partial charge in [-0.15, -0.1) is 0 Å². The second-order valence-electron chi connectivity index (χ2n) is 6.75. The monoisotopic (exact) mass is 333 g/mol. The molecule has 1 aromatic rings. The SMILES string of the molecule is CC1(C(=O)O)CCN(c2ccc(C(=O)NC3CC3)cc2[N+](=O)[O-])C1. The molecule has 1 aromatic carbocycles. The van der Waals surface area contributed by atoms with Crippen LogP contribution in [0.25, 0.3) is 0 Å². The number of hydrogen-bond donors (Lipinski definition) is 2. The first-order chi connectivity index (χ1) is 11.3. The van der Waals surface area contributed by atoms with Crippen LogP contribution < -0.4 is 10.2 Å². The third-order valence-electron chi connectivity index (χ3n) is 4.68. The van der Waals surface area contributed by atoms with Gasteiger partial charge in [0.25, 0.3) is 11.6 Å². The Morgan fingerprint density at radius 3 is 2.67 bits per heavy atom. The van der Waals surface area contributed by atoms with Gasteiger partial charge in [0.1, 0.15) is 5.69 Å². The van der Waals surface area contributed by atoms with E-state index < -0.39 is 16.3 Å². The van der Waals surface area contributed by atoms with E-state index in [0.29, 0.717) is 18.7 Å². The van der Waals surface area contributed by atoms with Gasteiger partial charge in [0, 0.05) is 30.8 Å². The molecule has 1 amide bonds. The molecular formula is C16H19N3O5. The smallest absolute Gasteiger partial charge is 0.311 e. The molecule has 8 nitrogen and oxygen atoms in total. The number of carboxylic acids is 1. The number of nitrogens with one attached hydrogen (secondary N) is 1. The molecule has 0 aromatic heterocycles. The average molecular weight is 333 g/mol. The van der Waals surface area contributed by atoms with E-state index in [9.17, 15) is 24.8 Å². The van der Waals surface area contributed by atoms with Crippen molar-refractivity contribution in [1.82, 2.24) is 5.32 Å². The Balaban J connectivity index is 1.86. The van der Waals surface area contributed by atoms with Crippen LogP contribution in [-0.4, -0.2) is 41.0 Å². The predicted molar refractivity (Wildman–Crippen MR) is 86.2 cm³/mol. The van der Waals surface area contributed by atoms with Gasteiger partial charge in [0.2, 0.25) is 0 Å². The Hall–Kier alpha value is -2.64. The third kappa shape index (κ3) is 3.04. The van der Waals surface area contributed by atoms with Gasteiger partial charge >= 0.3 is 5.97 Å². The fourth-order valence-electron chi connectivity index (χ4n) is 2.92. The van der Waals surface area contributed by atoms with E-state index in [1.54, 1.807) is 17.9 Å². The maximum atomic E-state index is 12.1. The number of nitro groups is 1. The number of carboxylic acid groups (broad SMARTS) is 1. The first kappa shape index (κ1) is 16.2. The molecular weight excluding hydrogens is 314 g/mol. The lowest BCUT2D eigenvalue weighted by Crippen LogP contribution is -2.32. The second kappa shape index (κ2) is 5.77. The van der Waals surface area contributed by atoms with Crippen LogP contribution in [0.1, 0.15) is 36.5 Å². The van der Waals surface area contributed by atoms with E-state index in [1.165, 1.54) is 12.1 Å². The number of carbonyl (C=O) groups is 2. The van der Waals surface area contributed by atoms with E-state index in [0.717, 1.165) is 12.8 Å². The molecule has 24 heavy (non-hydrogen) atoms. The standard InChI is InChI=1S/C16H19N3O5/c1-16(15(21)22)6-7-18(9-16)12-5-2-10(8-13(12)19(23)24)14(20)17-11-3-4-11/h2,5,8,11H,3-4,6-7,9H2,1H3,(H,17,20)(H,21,22). The molecule has 8 heteroatoms. The van der Waals surface area contributed by atoms with Gasteiger partial charge in [-0.05, 0) is 38.3 Å². The summed E-state index contributed by atoms with van der Waals surface area (Å²) in [5, 5.41) is 23.5. The minimum atomic E-state index is -0.921. The van der Waals surface area contributed by atoms with Crippen LogP contribution in [-0.2, 0) is 4.79 Å². The number of anilines is 1. The lowest BCUT2D eigenvalue weighted by Gasteiger charge is -2.21. The molecule has 1 heterocycles. The normalized spacial score (nSPS) is 23.1. The molecule has 0 bridgehead atoms. The van der Waals surface area contributed by atoms with Crippen molar-refractivity contribution in [3.05, 3.63) is 33.9 Å². The van der Waals surface area contributed by atoms with E-state index in [1.807, 2.05) is 0 Å². The fraction of sp³-hybridized carbons (Fsp3) is 0.500. The molecule has 2 fully saturated rings. The summed E-state index contributed by atoms with van der Waals surface area (Å²) < 4.78 is 0. The topological polar surface area (TPSA) is 113 Å². The van der Waals surface area contributed by atoms with Crippen molar-refractivity contribution in [2.75, 3.05) is 18.0 Å². The summed E-state index contributed by atoms with van der Waals surface area (Å²) in [6, 6.07) is 4.53. The molecule has 1 saturated carbocycles. The molecule has 1 unspecified atom stereocenters. The summed E-state index contributed by atoms with van der Waals surface area (Å²) in [6.07, 6.45) is 2.30. The molecule has 1 saturated heterocycles. The number of nitrogens with zero attached hydrogens (tertiary/aromatic N) is 2. The molecule has 0 spiro atoms. The highest BCUT2D eigenvalue weighted by molar-refractivity contribution is 5.96. The first-order valence-corrected chi connectivity index (χ1v) is 7.88. The Morgan fingerprint density at radius 1 is 1.42 bits per heavy atom.